The van der Waals surface area contributed by atoms with Crippen molar-refractivity contribution in [2.75, 3.05) is 30.7 Å². The highest BCUT2D eigenvalue weighted by Gasteiger charge is 2.10. The number of nitrogens with two attached hydrogens (primary N) is 1. The van der Waals surface area contributed by atoms with Crippen LogP contribution >= 0.6 is 0 Å². The first kappa shape index (κ1) is 12.6. The Balaban J connectivity index is 2.05. The van der Waals surface area contributed by atoms with E-state index >= 15 is 0 Å². The monoisotopic (exact) mass is 269 g/mol. The fraction of sp³-hybridized carbons (Fsp3) is 0.214. The highest BCUT2D eigenvalue weighted by atomic mass is 16.3. The van der Waals surface area contributed by atoms with E-state index in [9.17, 15) is 0 Å². The van der Waals surface area contributed by atoms with Gasteiger partial charge in [-0.25, -0.2) is 4.98 Å². The second-order valence-electron chi connectivity index (χ2n) is 4.52. The van der Waals surface area contributed by atoms with Crippen LogP contribution < -0.4 is 11.1 Å². The smallest absolute Gasteiger partial charge is 0.126 e. The van der Waals surface area contributed by atoms with E-state index in [1.54, 1.807) is 12.3 Å². The Bertz CT molecular complexity index is 708. The molecule has 102 valence electrons. The zero-order valence-electron chi connectivity index (χ0n) is 10.9. The van der Waals surface area contributed by atoms with Crippen LogP contribution in [0.15, 0.2) is 29.4 Å². The number of nitrogens with zero attached hydrogens (tertiary/aromatic N) is 3. The second-order valence-corrected chi connectivity index (χ2v) is 4.52. The molecule has 0 spiro atoms. The van der Waals surface area contributed by atoms with Crippen LogP contribution in [0.3, 0.4) is 0 Å². The van der Waals surface area contributed by atoms with Gasteiger partial charge in [0.1, 0.15) is 11.3 Å². The number of hydrogen-bond donors (Lipinski definition) is 3. The normalized spacial score (nSPS) is 13.8. The Labute approximate surface area is 116 Å². The maximum Gasteiger partial charge on any atom is 0.126 e. The number of anilines is 2. The van der Waals surface area contributed by atoms with Crippen molar-refractivity contribution in [3.8, 4) is 0 Å². The number of aliphatic hydroxyl groups is 1. The lowest BCUT2D eigenvalue weighted by atomic mass is 10.1. The average molecular weight is 269 g/mol. The van der Waals surface area contributed by atoms with E-state index < -0.39 is 0 Å². The second kappa shape index (κ2) is 5.26. The lowest BCUT2D eigenvalue weighted by Crippen LogP contribution is -2.07. The number of pyridine rings is 2. The molecule has 0 aromatic carbocycles. The van der Waals surface area contributed by atoms with Crippen LogP contribution in [0.2, 0.25) is 0 Å². The number of rotatable bonds is 4. The quantitative estimate of drug-likeness (QED) is 0.772. The molecule has 6 heteroatoms. The molecule has 2 aromatic rings. The van der Waals surface area contributed by atoms with Gasteiger partial charge in [-0.2, -0.15) is 0 Å². The summed E-state index contributed by atoms with van der Waals surface area (Å²) in [5, 5.41) is 12.0. The maximum atomic E-state index is 8.91. The first-order valence-corrected chi connectivity index (χ1v) is 6.38. The van der Waals surface area contributed by atoms with Crippen molar-refractivity contribution in [1.29, 1.82) is 0 Å². The van der Waals surface area contributed by atoms with E-state index in [1.807, 2.05) is 18.3 Å². The first-order valence-electron chi connectivity index (χ1n) is 6.38. The Morgan fingerprint density at radius 2 is 2.25 bits per heavy atom. The molecule has 6 nitrogen and oxygen atoms in total. The summed E-state index contributed by atoms with van der Waals surface area (Å²) in [7, 11) is 0. The first-order chi connectivity index (χ1) is 9.78. The van der Waals surface area contributed by atoms with Gasteiger partial charge < -0.3 is 16.2 Å². The summed E-state index contributed by atoms with van der Waals surface area (Å²) in [6.45, 7) is 1.16. The minimum absolute atomic E-state index is 0.0476. The van der Waals surface area contributed by atoms with Gasteiger partial charge in [-0.15, -0.1) is 0 Å². The number of nitrogens with one attached hydrogen (secondary N) is 1. The third kappa shape index (κ3) is 2.33. The SMILES string of the molecule is Nc1cc(NCCO)c2ncc(C3=CC=NC3)cc2n1. The molecule has 0 saturated carbocycles. The predicted molar refractivity (Wildman–Crippen MR) is 80.9 cm³/mol. The van der Waals surface area contributed by atoms with Crippen molar-refractivity contribution in [2.24, 2.45) is 4.99 Å². The van der Waals surface area contributed by atoms with Gasteiger partial charge in [0.2, 0.25) is 0 Å². The van der Waals surface area contributed by atoms with Crippen LogP contribution in [-0.4, -0.2) is 41.0 Å². The van der Waals surface area contributed by atoms with Gasteiger partial charge >= 0.3 is 0 Å². The zero-order chi connectivity index (χ0) is 13.9. The van der Waals surface area contributed by atoms with E-state index in [4.69, 9.17) is 10.8 Å². The summed E-state index contributed by atoms with van der Waals surface area (Å²) in [5.41, 5.74) is 10.2. The van der Waals surface area contributed by atoms with Crippen LogP contribution in [0.5, 0.6) is 0 Å². The molecular weight excluding hydrogens is 254 g/mol. The summed E-state index contributed by atoms with van der Waals surface area (Å²) in [4.78, 5) is 12.9. The van der Waals surface area contributed by atoms with Gasteiger partial charge in [-0.3, -0.25) is 9.98 Å². The zero-order valence-corrected chi connectivity index (χ0v) is 10.9. The molecule has 4 N–H and O–H groups in total. The molecule has 3 rings (SSSR count). The van der Waals surface area contributed by atoms with Crippen molar-refractivity contribution in [3.05, 3.63) is 30.0 Å². The predicted octanol–water partition coefficient (Wildman–Crippen LogP) is 1.08. The highest BCUT2D eigenvalue weighted by molar-refractivity contribution is 5.94. The molecule has 0 atom stereocenters. The van der Waals surface area contributed by atoms with Crippen LogP contribution in [0.1, 0.15) is 5.56 Å². The fourth-order valence-corrected chi connectivity index (χ4v) is 2.17. The van der Waals surface area contributed by atoms with Crippen LogP contribution in [0, 0.1) is 0 Å². The standard InChI is InChI=1S/C14H15N5O/c15-13-6-11(17-3-4-20)14-12(19-13)5-10(8-18-14)9-1-2-16-7-9/h1-2,5-6,8,20H,3-4,7H2,(H3,15,17,19). The van der Waals surface area contributed by atoms with E-state index in [0.717, 1.165) is 27.9 Å². The number of allylic oxidation sites excluding steroid dienone is 1. The Morgan fingerprint density at radius 1 is 1.35 bits per heavy atom. The number of fused-ring (bicyclic) bond motifs is 1. The molecule has 2 aromatic heterocycles. The number of nitrogen functional groups attached to an aromatic ring is 1. The molecule has 3 heterocycles. The van der Waals surface area contributed by atoms with E-state index in [0.29, 0.717) is 18.9 Å². The van der Waals surface area contributed by atoms with E-state index in [2.05, 4.69) is 20.3 Å². The van der Waals surface area contributed by atoms with Gasteiger partial charge in [0.05, 0.1) is 24.4 Å². The third-order valence-electron chi connectivity index (χ3n) is 3.11. The van der Waals surface area contributed by atoms with Crippen LogP contribution in [0.25, 0.3) is 16.6 Å². The van der Waals surface area contributed by atoms with E-state index in [-0.39, 0.29) is 6.61 Å². The summed E-state index contributed by atoms with van der Waals surface area (Å²) in [6.07, 6.45) is 5.57. The van der Waals surface area contributed by atoms with Crippen molar-refractivity contribution in [3.63, 3.8) is 0 Å². The molecule has 0 bridgehead atoms. The van der Waals surface area contributed by atoms with Crippen molar-refractivity contribution in [1.82, 2.24) is 9.97 Å². The van der Waals surface area contributed by atoms with Gasteiger partial charge in [-0.05, 0) is 17.7 Å². The molecule has 0 saturated heterocycles. The third-order valence-corrected chi connectivity index (χ3v) is 3.11. The van der Waals surface area contributed by atoms with Gasteiger partial charge in [0.15, 0.2) is 0 Å². The molecular formula is C14H15N5O. The molecule has 0 radical (unpaired) electrons. The molecule has 0 fully saturated rings. The maximum absolute atomic E-state index is 8.91. The highest BCUT2D eigenvalue weighted by Crippen LogP contribution is 2.25. The summed E-state index contributed by atoms with van der Waals surface area (Å²) in [6, 6.07) is 3.69. The average Bonchev–Trinajstić information content (AvgIpc) is 2.98. The molecule has 1 aliphatic rings. The van der Waals surface area contributed by atoms with Gasteiger partial charge in [0, 0.05) is 30.6 Å². The number of hydrogen-bond acceptors (Lipinski definition) is 6. The summed E-state index contributed by atoms with van der Waals surface area (Å²) >= 11 is 0. The minimum Gasteiger partial charge on any atom is -0.395 e. The lowest BCUT2D eigenvalue weighted by Gasteiger charge is -2.10. The molecule has 1 aliphatic heterocycles. The van der Waals surface area contributed by atoms with Crippen molar-refractivity contribution < 1.29 is 5.11 Å². The molecule has 0 unspecified atom stereocenters. The van der Waals surface area contributed by atoms with Crippen LogP contribution in [-0.2, 0) is 0 Å². The van der Waals surface area contributed by atoms with Crippen molar-refractivity contribution >= 4 is 34.3 Å². The van der Waals surface area contributed by atoms with Crippen molar-refractivity contribution in [2.45, 2.75) is 0 Å². The van der Waals surface area contributed by atoms with E-state index in [1.165, 1.54) is 0 Å². The fourth-order valence-electron chi connectivity index (χ4n) is 2.17. The number of aromatic nitrogens is 2. The van der Waals surface area contributed by atoms with Gasteiger partial charge in [-0.1, -0.05) is 0 Å². The van der Waals surface area contributed by atoms with Gasteiger partial charge in [0.25, 0.3) is 0 Å². The molecule has 0 amide bonds. The summed E-state index contributed by atoms with van der Waals surface area (Å²) in [5.74, 6) is 0.425. The number of aliphatic imine (C=N–C) groups is 1. The summed E-state index contributed by atoms with van der Waals surface area (Å²) < 4.78 is 0. The van der Waals surface area contributed by atoms with Crippen LogP contribution in [0.4, 0.5) is 11.5 Å². The topological polar surface area (TPSA) is 96.4 Å². The molecule has 0 aliphatic carbocycles. The number of aliphatic hydroxyl groups excluding tert-OH is 1. The lowest BCUT2D eigenvalue weighted by molar-refractivity contribution is 0.311. The Morgan fingerprint density at radius 3 is 3.00 bits per heavy atom. The largest absolute Gasteiger partial charge is 0.395 e. The minimum atomic E-state index is 0.0476. The Hall–Kier alpha value is -2.47. The molecule has 20 heavy (non-hydrogen) atoms. The Kier molecular flexibility index (Phi) is 3.30.